The molecule has 2 aliphatic heterocycles. The summed E-state index contributed by atoms with van der Waals surface area (Å²) in [6.07, 6.45) is 2.65. The van der Waals surface area contributed by atoms with Crippen LogP contribution in [0.2, 0.25) is 0 Å². The van der Waals surface area contributed by atoms with Crippen LogP contribution < -0.4 is 4.90 Å². The summed E-state index contributed by atoms with van der Waals surface area (Å²) < 4.78 is 5.35. The van der Waals surface area contributed by atoms with Crippen LogP contribution in [0, 0.1) is 16.7 Å². The van der Waals surface area contributed by atoms with E-state index >= 15 is 0 Å². The molecule has 1 N–H and O–H groups in total. The molecule has 21 heavy (non-hydrogen) atoms. The van der Waals surface area contributed by atoms with Crippen LogP contribution in [0.3, 0.4) is 0 Å². The molecule has 1 saturated heterocycles. The highest BCUT2D eigenvalue weighted by Gasteiger charge is 2.41. The standard InChI is InChI=1S/C17H22N2O2/c1-19-8-2-3-13-11-14(4-5-15(13)19)16(20)17(12-18)6-9-21-10-7-17/h4-5,11,16,20H,2-3,6-10H2,1H3. The van der Waals surface area contributed by atoms with E-state index in [-0.39, 0.29) is 0 Å². The minimum atomic E-state index is -0.732. The second-order valence-corrected chi connectivity index (χ2v) is 6.20. The molecule has 2 heterocycles. The van der Waals surface area contributed by atoms with E-state index in [9.17, 15) is 10.4 Å². The third-order valence-electron chi connectivity index (χ3n) is 4.90. The van der Waals surface area contributed by atoms with Gasteiger partial charge in [-0.1, -0.05) is 12.1 Å². The number of hydrogen-bond donors (Lipinski definition) is 1. The molecule has 1 aromatic carbocycles. The molecule has 0 bridgehead atoms. The number of benzene rings is 1. The molecule has 1 aromatic rings. The molecule has 1 fully saturated rings. The lowest BCUT2D eigenvalue weighted by Crippen LogP contribution is -2.34. The van der Waals surface area contributed by atoms with Crippen LogP contribution in [0.1, 0.15) is 36.5 Å². The highest BCUT2D eigenvalue weighted by atomic mass is 16.5. The van der Waals surface area contributed by atoms with E-state index in [1.165, 1.54) is 11.3 Å². The molecular formula is C17H22N2O2. The maximum Gasteiger partial charge on any atom is 0.0978 e. The molecule has 0 aromatic heterocycles. The highest BCUT2D eigenvalue weighted by molar-refractivity contribution is 5.56. The van der Waals surface area contributed by atoms with Crippen molar-refractivity contribution < 1.29 is 9.84 Å². The second kappa shape index (κ2) is 5.67. The number of aliphatic hydroxyl groups excluding tert-OH is 1. The minimum Gasteiger partial charge on any atom is -0.387 e. The first-order valence-corrected chi connectivity index (χ1v) is 7.67. The lowest BCUT2D eigenvalue weighted by atomic mass is 9.74. The largest absolute Gasteiger partial charge is 0.387 e. The second-order valence-electron chi connectivity index (χ2n) is 6.20. The van der Waals surface area contributed by atoms with Gasteiger partial charge in [-0.25, -0.2) is 0 Å². The fourth-order valence-corrected chi connectivity index (χ4v) is 3.48. The van der Waals surface area contributed by atoms with Crippen molar-refractivity contribution in [1.82, 2.24) is 0 Å². The first-order chi connectivity index (χ1) is 10.2. The number of nitriles is 1. The number of aryl methyl sites for hydroxylation is 1. The number of hydrogen-bond acceptors (Lipinski definition) is 4. The van der Waals surface area contributed by atoms with Gasteiger partial charge in [-0.2, -0.15) is 5.26 Å². The number of rotatable bonds is 2. The van der Waals surface area contributed by atoms with Crippen molar-refractivity contribution >= 4 is 5.69 Å². The molecule has 0 radical (unpaired) electrons. The van der Waals surface area contributed by atoms with Crippen molar-refractivity contribution in [2.24, 2.45) is 5.41 Å². The smallest absolute Gasteiger partial charge is 0.0978 e. The first kappa shape index (κ1) is 14.4. The number of fused-ring (bicyclic) bond motifs is 1. The normalized spacial score (nSPS) is 22.2. The molecule has 0 amide bonds. The van der Waals surface area contributed by atoms with Crippen molar-refractivity contribution in [3.63, 3.8) is 0 Å². The van der Waals surface area contributed by atoms with E-state index in [1.807, 2.05) is 6.07 Å². The summed E-state index contributed by atoms with van der Waals surface area (Å²) in [7, 11) is 2.10. The first-order valence-electron chi connectivity index (χ1n) is 7.67. The Kier molecular flexibility index (Phi) is 3.88. The fourth-order valence-electron chi connectivity index (χ4n) is 3.48. The van der Waals surface area contributed by atoms with E-state index in [4.69, 9.17) is 4.74 Å². The zero-order valence-electron chi connectivity index (χ0n) is 12.5. The van der Waals surface area contributed by atoms with Crippen LogP contribution in [0.25, 0.3) is 0 Å². The zero-order chi connectivity index (χ0) is 14.9. The predicted octanol–water partition coefficient (Wildman–Crippen LogP) is 2.42. The summed E-state index contributed by atoms with van der Waals surface area (Å²) in [6, 6.07) is 8.50. The van der Waals surface area contributed by atoms with Gasteiger partial charge in [-0.3, -0.25) is 0 Å². The Bertz CT molecular complexity index is 558. The molecule has 4 nitrogen and oxygen atoms in total. The minimum absolute atomic E-state index is 0.554. The van der Waals surface area contributed by atoms with Crippen molar-refractivity contribution in [3.05, 3.63) is 29.3 Å². The summed E-state index contributed by atoms with van der Waals surface area (Å²) in [5.74, 6) is 0. The van der Waals surface area contributed by atoms with Gasteiger partial charge in [0.25, 0.3) is 0 Å². The van der Waals surface area contributed by atoms with E-state index in [0.29, 0.717) is 26.1 Å². The molecule has 112 valence electrons. The lowest BCUT2D eigenvalue weighted by Gasteiger charge is -2.36. The van der Waals surface area contributed by atoms with Crippen LogP contribution in [0.4, 0.5) is 5.69 Å². The topological polar surface area (TPSA) is 56.5 Å². The quantitative estimate of drug-likeness (QED) is 0.907. The molecule has 4 heteroatoms. The molecular weight excluding hydrogens is 264 g/mol. The Labute approximate surface area is 125 Å². The Morgan fingerprint density at radius 3 is 2.86 bits per heavy atom. The van der Waals surface area contributed by atoms with Gasteiger partial charge in [0.15, 0.2) is 0 Å². The maximum absolute atomic E-state index is 10.8. The van der Waals surface area contributed by atoms with Gasteiger partial charge in [0.1, 0.15) is 0 Å². The van der Waals surface area contributed by atoms with Gasteiger partial charge in [0, 0.05) is 32.5 Å². The van der Waals surface area contributed by atoms with E-state index in [1.54, 1.807) is 0 Å². The average molecular weight is 286 g/mol. The highest BCUT2D eigenvalue weighted by Crippen LogP contribution is 2.43. The average Bonchev–Trinajstić information content (AvgIpc) is 2.54. The van der Waals surface area contributed by atoms with Crippen LogP contribution >= 0.6 is 0 Å². The Balaban J connectivity index is 1.91. The molecule has 0 saturated carbocycles. The number of anilines is 1. The van der Waals surface area contributed by atoms with Crippen molar-refractivity contribution in [3.8, 4) is 6.07 Å². The Morgan fingerprint density at radius 1 is 1.38 bits per heavy atom. The summed E-state index contributed by atoms with van der Waals surface area (Å²) >= 11 is 0. The van der Waals surface area contributed by atoms with Gasteiger partial charge >= 0.3 is 0 Å². The van der Waals surface area contributed by atoms with E-state index < -0.39 is 11.5 Å². The summed E-state index contributed by atoms with van der Waals surface area (Å²) in [6.45, 7) is 2.19. The van der Waals surface area contributed by atoms with E-state index in [2.05, 4.69) is 30.1 Å². The van der Waals surface area contributed by atoms with E-state index in [0.717, 1.165) is 24.9 Å². The zero-order valence-corrected chi connectivity index (χ0v) is 12.5. The molecule has 1 atom stereocenters. The molecule has 0 spiro atoms. The summed E-state index contributed by atoms with van der Waals surface area (Å²) in [5.41, 5.74) is 2.69. The van der Waals surface area contributed by atoms with Crippen LogP contribution in [-0.2, 0) is 11.2 Å². The van der Waals surface area contributed by atoms with Crippen molar-refractivity contribution in [1.29, 1.82) is 5.26 Å². The van der Waals surface area contributed by atoms with Gasteiger partial charge in [0.2, 0.25) is 0 Å². The Hall–Kier alpha value is -1.57. The van der Waals surface area contributed by atoms with Crippen LogP contribution in [0.5, 0.6) is 0 Å². The maximum atomic E-state index is 10.8. The predicted molar refractivity (Wildman–Crippen MR) is 81.1 cm³/mol. The van der Waals surface area contributed by atoms with Gasteiger partial charge in [-0.15, -0.1) is 0 Å². The van der Waals surface area contributed by atoms with Gasteiger partial charge < -0.3 is 14.7 Å². The van der Waals surface area contributed by atoms with Crippen LogP contribution in [-0.4, -0.2) is 31.9 Å². The Morgan fingerprint density at radius 2 is 2.14 bits per heavy atom. The monoisotopic (exact) mass is 286 g/mol. The fraction of sp³-hybridized carbons (Fsp3) is 0.588. The summed E-state index contributed by atoms with van der Waals surface area (Å²) in [4.78, 5) is 2.25. The van der Waals surface area contributed by atoms with Crippen molar-refractivity contribution in [2.45, 2.75) is 31.8 Å². The van der Waals surface area contributed by atoms with Gasteiger partial charge in [0.05, 0.1) is 17.6 Å². The lowest BCUT2D eigenvalue weighted by molar-refractivity contribution is -0.0310. The van der Waals surface area contributed by atoms with Gasteiger partial charge in [-0.05, 0) is 42.9 Å². The number of aliphatic hydroxyl groups is 1. The SMILES string of the molecule is CN1CCCc2cc(C(O)C3(C#N)CCOCC3)ccc21. The number of nitrogens with zero attached hydrogens (tertiary/aromatic N) is 2. The molecule has 2 aliphatic rings. The van der Waals surface area contributed by atoms with Crippen molar-refractivity contribution in [2.75, 3.05) is 31.7 Å². The van der Waals surface area contributed by atoms with Crippen LogP contribution in [0.15, 0.2) is 18.2 Å². The molecule has 1 unspecified atom stereocenters. The molecule has 3 rings (SSSR count). The third-order valence-corrected chi connectivity index (χ3v) is 4.90. The number of ether oxygens (including phenoxy) is 1. The third kappa shape index (κ3) is 2.52. The molecule has 0 aliphatic carbocycles. The summed E-state index contributed by atoms with van der Waals surface area (Å²) in [5, 5.41) is 20.4.